The van der Waals surface area contributed by atoms with Crippen LogP contribution < -0.4 is 9.88 Å². The number of rotatable bonds is 11. The number of anilines is 1. The van der Waals surface area contributed by atoms with Gasteiger partial charge < -0.3 is 24.7 Å². The smallest absolute Gasteiger partial charge is 0.345 e. The molecule has 2 aromatic rings. The van der Waals surface area contributed by atoms with Crippen LogP contribution in [0.1, 0.15) is 54.9 Å². The molecule has 0 saturated heterocycles. The molecule has 0 spiro atoms. The molecule has 2 atom stereocenters. The van der Waals surface area contributed by atoms with Crippen molar-refractivity contribution < 1.29 is 28.7 Å². The lowest BCUT2D eigenvalue weighted by Crippen LogP contribution is -2.49. The van der Waals surface area contributed by atoms with Gasteiger partial charge in [-0.2, -0.15) is 4.57 Å². The van der Waals surface area contributed by atoms with Crippen LogP contribution in [0.2, 0.25) is 0 Å². The number of fused-ring (bicyclic) bond motifs is 2. The van der Waals surface area contributed by atoms with Gasteiger partial charge in [0.05, 0.1) is 12.2 Å². The number of allylic oxidation sites excluding steroid dienone is 3. The first kappa shape index (κ1) is 30.7. The quantitative estimate of drug-likeness (QED) is 0.110. The average molecular weight is 574 g/mol. The lowest BCUT2D eigenvalue weighted by molar-refractivity contribution is -0.750. The average Bonchev–Trinajstić information content (AvgIpc) is 2.96. The third kappa shape index (κ3) is 6.17. The summed E-state index contributed by atoms with van der Waals surface area (Å²) < 4.78 is 19.7. The maximum absolute atomic E-state index is 11.6. The van der Waals surface area contributed by atoms with Crippen molar-refractivity contribution in [3.63, 3.8) is 0 Å². The molecule has 9 nitrogen and oxygen atoms in total. The van der Waals surface area contributed by atoms with E-state index in [1.54, 1.807) is 13.2 Å². The summed E-state index contributed by atoms with van der Waals surface area (Å²) >= 11 is 0. The molecule has 1 aromatic carbocycles. The van der Waals surface area contributed by atoms with Crippen LogP contribution in [0.3, 0.4) is 0 Å². The topological polar surface area (TPSA) is 108 Å². The number of aromatic nitrogens is 1. The lowest BCUT2D eigenvalue weighted by atomic mass is 9.91. The number of benzene rings is 1. The van der Waals surface area contributed by atoms with Crippen molar-refractivity contribution in [2.24, 2.45) is 0 Å². The van der Waals surface area contributed by atoms with Crippen molar-refractivity contribution in [2.75, 3.05) is 25.6 Å². The standard InChI is InChI=1S/C33H40N4O5/c1-8-26(29-10-9-11-30-35-32(28(16-34)33(38)39)42-23(6)37(29)30)31(20(2)3)41-19-25-13-12-24-17-36(21(4)18-40-7)15-14-27(24)22(25)5/h8-13,16,21,23,34H,1-2,14-15,17-19H2,3-7H3,(H,38,39)/p+1/b31-26-,32-28-,34-16?. The molecule has 0 saturated carbocycles. The lowest BCUT2D eigenvalue weighted by Gasteiger charge is -2.34. The zero-order chi connectivity index (χ0) is 30.6. The van der Waals surface area contributed by atoms with E-state index in [1.807, 2.05) is 36.6 Å². The molecule has 4 rings (SSSR count). The highest BCUT2D eigenvalue weighted by Crippen LogP contribution is 2.31. The Hall–Kier alpha value is -4.21. The summed E-state index contributed by atoms with van der Waals surface area (Å²) in [5, 5.41) is 20.0. The van der Waals surface area contributed by atoms with Crippen LogP contribution >= 0.6 is 0 Å². The molecule has 1 aromatic heterocycles. The first-order valence-corrected chi connectivity index (χ1v) is 14.1. The first-order valence-electron chi connectivity index (χ1n) is 14.1. The van der Waals surface area contributed by atoms with E-state index < -0.39 is 12.2 Å². The van der Waals surface area contributed by atoms with E-state index in [0.29, 0.717) is 24.2 Å². The van der Waals surface area contributed by atoms with Gasteiger partial charge in [-0.15, -0.1) is 0 Å². The van der Waals surface area contributed by atoms with E-state index >= 15 is 0 Å². The fourth-order valence-electron chi connectivity index (χ4n) is 5.64. The molecular formula is C33H41N4O5+. The molecule has 0 radical (unpaired) electrons. The zero-order valence-electron chi connectivity index (χ0n) is 25.1. The molecule has 3 heterocycles. The van der Waals surface area contributed by atoms with Crippen molar-refractivity contribution in [3.8, 4) is 0 Å². The number of nitrogens with one attached hydrogen (secondary N) is 2. The number of carboxylic acids is 1. The normalized spacial score (nSPS) is 18.7. The molecule has 3 N–H and O–H groups in total. The van der Waals surface area contributed by atoms with Gasteiger partial charge in [0, 0.05) is 45.4 Å². The van der Waals surface area contributed by atoms with Crippen molar-refractivity contribution in [2.45, 2.75) is 59.5 Å². The Labute approximate surface area is 247 Å². The predicted octanol–water partition coefficient (Wildman–Crippen LogP) is 5.27. The number of aliphatic carboxylic acids is 1. The molecule has 9 heteroatoms. The minimum absolute atomic E-state index is 0.0156. The van der Waals surface area contributed by atoms with Crippen molar-refractivity contribution in [3.05, 3.63) is 100 Å². The van der Waals surface area contributed by atoms with Crippen LogP contribution in [0, 0.1) is 12.3 Å². The van der Waals surface area contributed by atoms with Gasteiger partial charge in [0.25, 0.3) is 5.82 Å². The van der Waals surface area contributed by atoms with Gasteiger partial charge in [0.2, 0.25) is 6.23 Å². The van der Waals surface area contributed by atoms with Gasteiger partial charge in [0.1, 0.15) is 18.1 Å². The molecule has 42 heavy (non-hydrogen) atoms. The van der Waals surface area contributed by atoms with Gasteiger partial charge in [-0.05, 0) is 67.2 Å². The third-order valence-electron chi connectivity index (χ3n) is 7.89. The zero-order valence-corrected chi connectivity index (χ0v) is 25.1. The number of carboxylic acid groups (broad SMARTS) is 1. The molecule has 0 aliphatic carbocycles. The van der Waals surface area contributed by atoms with E-state index in [4.69, 9.17) is 19.6 Å². The minimum atomic E-state index is -1.25. The highest BCUT2D eigenvalue weighted by molar-refractivity contribution is 6.08. The van der Waals surface area contributed by atoms with Crippen LogP contribution in [0.5, 0.6) is 0 Å². The third-order valence-corrected chi connectivity index (χ3v) is 7.89. The van der Waals surface area contributed by atoms with Gasteiger partial charge >= 0.3 is 11.9 Å². The molecular weight excluding hydrogens is 532 g/mol. The second kappa shape index (κ2) is 13.2. The fraction of sp³-hybridized carbons (Fsp3) is 0.364. The minimum Gasteiger partial charge on any atom is -0.488 e. The van der Waals surface area contributed by atoms with Gasteiger partial charge in [-0.25, -0.2) is 10.1 Å². The van der Waals surface area contributed by atoms with Crippen molar-refractivity contribution in [1.29, 1.82) is 5.41 Å². The summed E-state index contributed by atoms with van der Waals surface area (Å²) in [6, 6.07) is 10.3. The number of nitrogens with zero attached hydrogens (tertiary/aromatic N) is 2. The molecule has 0 amide bonds. The molecule has 2 aliphatic heterocycles. The summed E-state index contributed by atoms with van der Waals surface area (Å²) in [7, 11) is 1.75. The Morgan fingerprint density at radius 3 is 2.76 bits per heavy atom. The number of hydrogen-bond acceptors (Lipinski definition) is 7. The second-order valence-electron chi connectivity index (χ2n) is 10.7. The molecule has 0 bridgehead atoms. The summed E-state index contributed by atoms with van der Waals surface area (Å²) in [5.41, 5.74) is 7.10. The maximum atomic E-state index is 11.6. The summed E-state index contributed by atoms with van der Waals surface area (Å²) in [6.45, 7) is 19.4. The van der Waals surface area contributed by atoms with Crippen LogP contribution in [0.4, 0.5) is 5.82 Å². The Morgan fingerprint density at radius 2 is 2.12 bits per heavy atom. The summed E-state index contributed by atoms with van der Waals surface area (Å²) in [5.74, 6) is -0.00489. The van der Waals surface area contributed by atoms with Gasteiger partial charge in [-0.1, -0.05) is 31.4 Å². The van der Waals surface area contributed by atoms with E-state index in [0.717, 1.165) is 54.7 Å². The van der Waals surface area contributed by atoms with Crippen LogP contribution in [0.15, 0.2) is 72.4 Å². The Balaban J connectivity index is 1.65. The maximum Gasteiger partial charge on any atom is 0.345 e. The molecule has 222 valence electrons. The van der Waals surface area contributed by atoms with E-state index in [1.165, 1.54) is 16.7 Å². The van der Waals surface area contributed by atoms with E-state index in [2.05, 4.69) is 49.4 Å². The summed E-state index contributed by atoms with van der Waals surface area (Å²) in [4.78, 5) is 14.1. The van der Waals surface area contributed by atoms with Crippen LogP contribution in [-0.2, 0) is 38.6 Å². The first-order chi connectivity index (χ1) is 20.1. The second-order valence-corrected chi connectivity index (χ2v) is 10.7. The predicted molar refractivity (Wildman–Crippen MR) is 163 cm³/mol. The van der Waals surface area contributed by atoms with Crippen molar-refractivity contribution >= 4 is 23.6 Å². The highest BCUT2D eigenvalue weighted by atomic mass is 16.5. The summed E-state index contributed by atoms with van der Waals surface area (Å²) in [6.07, 6.45) is 2.91. The Bertz CT molecular complexity index is 1480. The van der Waals surface area contributed by atoms with E-state index in [-0.39, 0.29) is 11.5 Å². The number of pyridine rings is 1. The Morgan fingerprint density at radius 1 is 1.36 bits per heavy atom. The van der Waals surface area contributed by atoms with Crippen LogP contribution in [-0.4, -0.2) is 48.5 Å². The van der Waals surface area contributed by atoms with Gasteiger partial charge in [-0.3, -0.25) is 4.90 Å². The number of ether oxygens (including phenoxy) is 3. The molecule has 2 unspecified atom stereocenters. The largest absolute Gasteiger partial charge is 0.488 e. The molecule has 2 aliphatic rings. The number of carbonyl (C=O) groups is 1. The number of methoxy groups -OCH3 is 1. The number of hydrogen-bond donors (Lipinski definition) is 3. The fourth-order valence-corrected chi connectivity index (χ4v) is 5.64. The monoisotopic (exact) mass is 573 g/mol. The van der Waals surface area contributed by atoms with Gasteiger partial charge in [0.15, 0.2) is 5.57 Å². The van der Waals surface area contributed by atoms with E-state index in [9.17, 15) is 9.90 Å². The van der Waals surface area contributed by atoms with Crippen LogP contribution in [0.25, 0.3) is 5.57 Å². The highest BCUT2D eigenvalue weighted by Gasteiger charge is 2.34. The van der Waals surface area contributed by atoms with Crippen molar-refractivity contribution in [1.82, 2.24) is 4.90 Å². The SMILES string of the molecule is C=C/C(=C(/OCc1ccc2c(c1C)CCN(C(C)COC)C2)C(=C)C)c1cccc2[n+]1C(C)O/C(=C(/C=N)C(=O)O)N2. The Kier molecular flexibility index (Phi) is 9.65. The molecule has 0 fully saturated rings.